The van der Waals surface area contributed by atoms with E-state index in [1.807, 2.05) is 6.92 Å². The molecule has 11 heavy (non-hydrogen) atoms. The van der Waals surface area contributed by atoms with Crippen molar-refractivity contribution in [1.82, 2.24) is 10.6 Å². The molecule has 4 heteroatoms. The lowest BCUT2D eigenvalue weighted by Gasteiger charge is -2.20. The molecule has 2 unspecified atom stereocenters. The van der Waals surface area contributed by atoms with Crippen molar-refractivity contribution in [2.45, 2.75) is 19.1 Å². The Morgan fingerprint density at radius 1 is 1.45 bits per heavy atom. The fraction of sp³-hybridized carbons (Fsp3) is 1.00. The molecule has 0 heterocycles. The van der Waals surface area contributed by atoms with Crippen LogP contribution in [-0.4, -0.2) is 49.1 Å². The highest BCUT2D eigenvalue weighted by molar-refractivity contribution is 4.75. The van der Waals surface area contributed by atoms with E-state index in [-0.39, 0.29) is 12.6 Å². The molecule has 0 rings (SSSR count). The van der Waals surface area contributed by atoms with E-state index >= 15 is 0 Å². The van der Waals surface area contributed by atoms with Crippen molar-refractivity contribution in [2.75, 3.05) is 26.7 Å². The van der Waals surface area contributed by atoms with Crippen LogP contribution in [0.4, 0.5) is 0 Å². The predicted octanol–water partition coefficient (Wildman–Crippen LogP) is -1.46. The van der Waals surface area contributed by atoms with E-state index in [1.165, 1.54) is 0 Å². The van der Waals surface area contributed by atoms with E-state index in [4.69, 9.17) is 5.11 Å². The third-order valence-electron chi connectivity index (χ3n) is 1.54. The molecular weight excluding hydrogens is 144 g/mol. The van der Waals surface area contributed by atoms with Crippen molar-refractivity contribution in [3.63, 3.8) is 0 Å². The summed E-state index contributed by atoms with van der Waals surface area (Å²) in [5.74, 6) is 0. The van der Waals surface area contributed by atoms with Crippen molar-refractivity contribution < 1.29 is 10.2 Å². The molecule has 68 valence electrons. The van der Waals surface area contributed by atoms with Gasteiger partial charge in [0.05, 0.1) is 18.8 Å². The fourth-order valence-electron chi connectivity index (χ4n) is 0.936. The summed E-state index contributed by atoms with van der Waals surface area (Å²) in [5.41, 5.74) is 0. The van der Waals surface area contributed by atoms with Gasteiger partial charge in [0, 0.05) is 6.54 Å². The quantitative estimate of drug-likeness (QED) is 0.385. The highest BCUT2D eigenvalue weighted by Crippen LogP contribution is 1.90. The largest absolute Gasteiger partial charge is 0.395 e. The van der Waals surface area contributed by atoms with E-state index in [9.17, 15) is 5.11 Å². The minimum absolute atomic E-state index is 0.0311. The van der Waals surface area contributed by atoms with E-state index < -0.39 is 6.10 Å². The molecule has 0 radical (unpaired) electrons. The van der Waals surface area contributed by atoms with Crippen LogP contribution in [0.15, 0.2) is 0 Å². The van der Waals surface area contributed by atoms with Gasteiger partial charge in [-0.2, -0.15) is 0 Å². The lowest BCUT2D eigenvalue weighted by molar-refractivity contribution is 0.0918. The van der Waals surface area contributed by atoms with E-state index in [0.29, 0.717) is 6.54 Å². The van der Waals surface area contributed by atoms with Gasteiger partial charge in [0.1, 0.15) is 0 Å². The summed E-state index contributed by atoms with van der Waals surface area (Å²) in [6.07, 6.45) is -0.523. The minimum Gasteiger partial charge on any atom is -0.395 e. The molecule has 0 aliphatic heterocycles. The molecule has 0 fully saturated rings. The summed E-state index contributed by atoms with van der Waals surface area (Å²) in [6.45, 7) is 3.16. The average molecular weight is 162 g/mol. The Hall–Kier alpha value is -0.160. The molecule has 4 nitrogen and oxygen atoms in total. The number of hydrogen-bond donors (Lipinski definition) is 4. The topological polar surface area (TPSA) is 64.5 Å². The van der Waals surface area contributed by atoms with Crippen LogP contribution in [0.1, 0.15) is 6.92 Å². The van der Waals surface area contributed by atoms with Crippen LogP contribution in [0.2, 0.25) is 0 Å². The van der Waals surface area contributed by atoms with Crippen LogP contribution < -0.4 is 10.6 Å². The first-order valence-electron chi connectivity index (χ1n) is 3.93. The van der Waals surface area contributed by atoms with Gasteiger partial charge in [-0.25, -0.2) is 0 Å². The molecule has 0 aliphatic rings. The number of rotatable bonds is 6. The first kappa shape index (κ1) is 10.8. The average Bonchev–Trinajstić information content (AvgIpc) is 2.00. The van der Waals surface area contributed by atoms with Crippen molar-refractivity contribution in [1.29, 1.82) is 0 Å². The predicted molar refractivity (Wildman–Crippen MR) is 44.5 cm³/mol. The maximum atomic E-state index is 9.36. The van der Waals surface area contributed by atoms with Gasteiger partial charge in [0.2, 0.25) is 0 Å². The van der Waals surface area contributed by atoms with Crippen molar-refractivity contribution in [3.05, 3.63) is 0 Å². The number of likely N-dealkylation sites (N-methyl/N-ethyl adjacent to an activating group) is 2. The fourth-order valence-corrected chi connectivity index (χ4v) is 0.936. The highest BCUT2D eigenvalue weighted by Gasteiger charge is 2.15. The second kappa shape index (κ2) is 6.54. The first-order valence-corrected chi connectivity index (χ1v) is 3.93. The van der Waals surface area contributed by atoms with Gasteiger partial charge in [-0.1, -0.05) is 6.92 Å². The highest BCUT2D eigenvalue weighted by atomic mass is 16.3. The van der Waals surface area contributed by atoms with Gasteiger partial charge >= 0.3 is 0 Å². The van der Waals surface area contributed by atoms with Gasteiger partial charge in [-0.15, -0.1) is 0 Å². The summed E-state index contributed by atoms with van der Waals surface area (Å²) in [6, 6.07) is -0.215. The Labute approximate surface area is 67.6 Å². The summed E-state index contributed by atoms with van der Waals surface area (Å²) in [5, 5.41) is 24.0. The molecule has 0 saturated heterocycles. The molecule has 0 spiro atoms. The zero-order valence-corrected chi connectivity index (χ0v) is 7.17. The van der Waals surface area contributed by atoms with Crippen LogP contribution >= 0.6 is 0 Å². The van der Waals surface area contributed by atoms with Gasteiger partial charge in [-0.05, 0) is 13.6 Å². The third kappa shape index (κ3) is 4.31. The van der Waals surface area contributed by atoms with Crippen LogP contribution in [0.5, 0.6) is 0 Å². The third-order valence-corrected chi connectivity index (χ3v) is 1.54. The number of aliphatic hydroxyl groups excluding tert-OH is 2. The summed E-state index contributed by atoms with van der Waals surface area (Å²) < 4.78 is 0. The van der Waals surface area contributed by atoms with Gasteiger partial charge in [-0.3, -0.25) is 0 Å². The molecule has 0 aromatic rings. The Kier molecular flexibility index (Phi) is 6.45. The molecule has 0 aliphatic carbocycles. The zero-order chi connectivity index (χ0) is 8.69. The minimum atomic E-state index is -0.523. The molecule has 4 N–H and O–H groups in total. The molecule has 0 saturated carbocycles. The molecule has 0 aromatic heterocycles. The van der Waals surface area contributed by atoms with Gasteiger partial charge < -0.3 is 20.8 Å². The maximum Gasteiger partial charge on any atom is 0.0839 e. The lowest BCUT2D eigenvalue weighted by atomic mass is 10.1. The van der Waals surface area contributed by atoms with Crippen LogP contribution in [0, 0.1) is 0 Å². The smallest absolute Gasteiger partial charge is 0.0839 e. The van der Waals surface area contributed by atoms with Gasteiger partial charge in [0.15, 0.2) is 0 Å². The van der Waals surface area contributed by atoms with Crippen molar-refractivity contribution in [2.24, 2.45) is 0 Å². The molecule has 2 atom stereocenters. The van der Waals surface area contributed by atoms with E-state index in [1.54, 1.807) is 7.05 Å². The van der Waals surface area contributed by atoms with E-state index in [0.717, 1.165) is 6.54 Å². The Balaban J connectivity index is 3.61. The van der Waals surface area contributed by atoms with Crippen LogP contribution in [0.3, 0.4) is 0 Å². The molecular formula is C7H18N2O2. The summed E-state index contributed by atoms with van der Waals surface area (Å²) in [7, 11) is 1.77. The van der Waals surface area contributed by atoms with Crippen LogP contribution in [-0.2, 0) is 0 Å². The Bertz CT molecular complexity index is 90.5. The first-order chi connectivity index (χ1) is 5.26. The van der Waals surface area contributed by atoms with Gasteiger partial charge in [0.25, 0.3) is 0 Å². The van der Waals surface area contributed by atoms with Crippen molar-refractivity contribution >= 4 is 0 Å². The molecule has 0 amide bonds. The number of hydrogen-bond acceptors (Lipinski definition) is 4. The standard InChI is InChI=1S/C7H18N2O2/c1-3-9-6(5-10)7(11)4-8-2/h6-11H,3-5H2,1-2H3. The summed E-state index contributed by atoms with van der Waals surface area (Å²) >= 11 is 0. The monoisotopic (exact) mass is 162 g/mol. The molecule has 0 aromatic carbocycles. The normalized spacial score (nSPS) is 16.4. The van der Waals surface area contributed by atoms with Crippen molar-refractivity contribution in [3.8, 4) is 0 Å². The Morgan fingerprint density at radius 2 is 2.09 bits per heavy atom. The number of aliphatic hydroxyl groups is 2. The SMILES string of the molecule is CCNC(CO)C(O)CNC. The second-order valence-electron chi connectivity index (χ2n) is 2.47. The Morgan fingerprint density at radius 3 is 2.45 bits per heavy atom. The maximum absolute atomic E-state index is 9.36. The molecule has 0 bridgehead atoms. The zero-order valence-electron chi connectivity index (χ0n) is 7.17. The van der Waals surface area contributed by atoms with E-state index in [2.05, 4.69) is 10.6 Å². The summed E-state index contributed by atoms with van der Waals surface area (Å²) in [4.78, 5) is 0. The van der Waals surface area contributed by atoms with Crippen LogP contribution in [0.25, 0.3) is 0 Å². The number of nitrogens with one attached hydrogen (secondary N) is 2. The lowest BCUT2D eigenvalue weighted by Crippen LogP contribution is -2.46. The second-order valence-corrected chi connectivity index (χ2v) is 2.47.